The van der Waals surface area contributed by atoms with Crippen LogP contribution in [-0.2, 0) is 4.74 Å². The molecule has 2 N–H and O–H groups in total. The molecule has 0 aromatic heterocycles. The van der Waals surface area contributed by atoms with Crippen molar-refractivity contribution in [2.24, 2.45) is 5.41 Å². The van der Waals surface area contributed by atoms with Gasteiger partial charge in [0.1, 0.15) is 0 Å². The van der Waals surface area contributed by atoms with E-state index in [2.05, 4.69) is 20.8 Å². The minimum atomic E-state index is 0. The molecule has 0 aliphatic rings. The van der Waals surface area contributed by atoms with E-state index in [4.69, 9.17) is 10.5 Å². The van der Waals surface area contributed by atoms with Crippen LogP contribution in [0.3, 0.4) is 0 Å². The summed E-state index contributed by atoms with van der Waals surface area (Å²) >= 11 is 0. The maximum atomic E-state index is 5.52. The van der Waals surface area contributed by atoms with Crippen molar-refractivity contribution in [3.63, 3.8) is 0 Å². The zero-order valence-corrected chi connectivity index (χ0v) is 19.7. The number of rotatable bonds is 7. The number of hydrogen-bond acceptors (Lipinski definition) is 2. The minimum Gasteiger partial charge on any atom is -0.399 e. The molecule has 1 atom stereocenters. The van der Waals surface area contributed by atoms with Crippen molar-refractivity contribution in [3.8, 4) is 0 Å². The van der Waals surface area contributed by atoms with Crippen LogP contribution in [0.4, 0.5) is 5.69 Å². The Morgan fingerprint density at radius 3 is 2.05 bits per heavy atom. The van der Waals surface area contributed by atoms with Gasteiger partial charge in [0.15, 0.2) is 0 Å². The van der Waals surface area contributed by atoms with Crippen LogP contribution in [0.5, 0.6) is 0 Å². The number of nitrogen functional groups attached to an aromatic ring is 1. The summed E-state index contributed by atoms with van der Waals surface area (Å²) in [5.74, 6) is 0. The summed E-state index contributed by atoms with van der Waals surface area (Å²) in [5.41, 5.74) is 7.96. The van der Waals surface area contributed by atoms with Crippen LogP contribution in [0.25, 0.3) is 0 Å². The van der Waals surface area contributed by atoms with Crippen LogP contribution in [0.2, 0.25) is 0 Å². The number of para-hydroxylation sites is 1. The van der Waals surface area contributed by atoms with E-state index in [1.165, 1.54) is 32.1 Å². The second-order valence-electron chi connectivity index (χ2n) is 5.95. The third kappa shape index (κ3) is 12.6. The molecule has 22 heavy (non-hydrogen) atoms. The van der Waals surface area contributed by atoms with E-state index < -0.39 is 0 Å². The first kappa shape index (κ1) is 26.9. The van der Waals surface area contributed by atoms with Gasteiger partial charge in [-0.15, -0.1) is 0 Å². The van der Waals surface area contributed by atoms with E-state index in [-0.39, 0.29) is 38.5 Å². The molecular formula is C19H36NOU-. The minimum absolute atomic E-state index is 0. The molecular weight excluding hydrogens is 496 g/mol. The first-order valence-corrected chi connectivity index (χ1v) is 7.79. The molecule has 0 aliphatic carbocycles. The second-order valence-corrected chi connectivity index (χ2v) is 5.95. The van der Waals surface area contributed by atoms with Gasteiger partial charge in [0.05, 0.1) is 6.61 Å². The van der Waals surface area contributed by atoms with Crippen molar-refractivity contribution in [2.75, 3.05) is 19.5 Å². The van der Waals surface area contributed by atoms with Crippen molar-refractivity contribution in [3.05, 3.63) is 37.3 Å². The van der Waals surface area contributed by atoms with Crippen molar-refractivity contribution >= 4 is 5.69 Å². The fourth-order valence-electron chi connectivity index (χ4n) is 2.41. The van der Waals surface area contributed by atoms with Gasteiger partial charge in [-0.05, 0) is 36.8 Å². The molecule has 0 amide bonds. The molecule has 0 saturated carbocycles. The summed E-state index contributed by atoms with van der Waals surface area (Å²) in [5, 5.41) is 0. The van der Waals surface area contributed by atoms with E-state index in [0.717, 1.165) is 17.9 Å². The maximum absolute atomic E-state index is 5.52. The summed E-state index contributed by atoms with van der Waals surface area (Å²) < 4.78 is 5.26. The van der Waals surface area contributed by atoms with Crippen LogP contribution >= 0.6 is 0 Å². The second kappa shape index (κ2) is 15.9. The van der Waals surface area contributed by atoms with Gasteiger partial charge in [-0.3, -0.25) is 0 Å². The van der Waals surface area contributed by atoms with Crippen LogP contribution in [0.1, 0.15) is 58.4 Å². The van der Waals surface area contributed by atoms with Gasteiger partial charge >= 0.3 is 0 Å². The topological polar surface area (TPSA) is 35.2 Å². The molecule has 0 heterocycles. The molecule has 0 bridgehead atoms. The molecule has 1 aromatic rings. The standard InChI is InChI=1S/C11H24O.C7H9N.CH3.U/c1-5-7-9-11(3,8-6-2)10-12-4;1-6-4-2-3-5-7(6)8;;/h5-10H2,1-4H3;2-5H,8H2,1H3;1H3;/q;;-1;. The Hall–Kier alpha value is 0.0319. The molecule has 1 aromatic carbocycles. The Kier molecular flexibility index (Phi) is 19.5. The summed E-state index contributed by atoms with van der Waals surface area (Å²) in [7, 11) is 1.81. The van der Waals surface area contributed by atoms with Crippen LogP contribution in [0.15, 0.2) is 24.3 Å². The molecule has 0 fully saturated rings. The quantitative estimate of drug-likeness (QED) is 0.364. The number of anilines is 1. The van der Waals surface area contributed by atoms with Gasteiger partial charge in [-0.2, -0.15) is 0 Å². The summed E-state index contributed by atoms with van der Waals surface area (Å²) in [6.07, 6.45) is 6.50. The van der Waals surface area contributed by atoms with Crippen LogP contribution < -0.4 is 5.73 Å². The third-order valence-electron chi connectivity index (χ3n) is 3.67. The van der Waals surface area contributed by atoms with E-state index in [0.29, 0.717) is 5.41 Å². The number of ether oxygens (including phenoxy) is 1. The third-order valence-corrected chi connectivity index (χ3v) is 3.67. The van der Waals surface area contributed by atoms with Crippen molar-refractivity contribution in [1.82, 2.24) is 0 Å². The van der Waals surface area contributed by atoms with Crippen LogP contribution in [0, 0.1) is 50.9 Å². The van der Waals surface area contributed by atoms with Gasteiger partial charge < -0.3 is 17.9 Å². The Balaban J connectivity index is -0.000000318. The molecule has 128 valence electrons. The average molecular weight is 533 g/mol. The summed E-state index contributed by atoms with van der Waals surface area (Å²) in [6.45, 7) is 9.75. The fraction of sp³-hybridized carbons (Fsp3) is 0.632. The van der Waals surface area contributed by atoms with E-state index in [9.17, 15) is 0 Å². The molecule has 2 nitrogen and oxygen atoms in total. The van der Waals surface area contributed by atoms with Gasteiger partial charge in [0.2, 0.25) is 0 Å². The molecule has 1 unspecified atom stereocenters. The molecule has 1 rings (SSSR count). The van der Waals surface area contributed by atoms with Gasteiger partial charge in [-0.25, -0.2) is 0 Å². The van der Waals surface area contributed by atoms with Crippen molar-refractivity contribution in [2.45, 2.75) is 59.8 Å². The predicted octanol–water partition coefficient (Wildman–Crippen LogP) is 5.66. The van der Waals surface area contributed by atoms with Crippen molar-refractivity contribution < 1.29 is 35.9 Å². The zero-order chi connectivity index (χ0) is 15.4. The van der Waals surface area contributed by atoms with Gasteiger partial charge in [0.25, 0.3) is 0 Å². The number of hydrogen-bond donors (Lipinski definition) is 1. The number of methoxy groups -OCH3 is 1. The van der Waals surface area contributed by atoms with Gasteiger partial charge in [-0.1, -0.05) is 58.2 Å². The Morgan fingerprint density at radius 2 is 1.68 bits per heavy atom. The normalized spacial score (nSPS) is 12.0. The van der Waals surface area contributed by atoms with E-state index in [1.807, 2.05) is 31.2 Å². The van der Waals surface area contributed by atoms with Crippen LogP contribution in [-0.4, -0.2) is 13.7 Å². The molecule has 0 aliphatic heterocycles. The smallest absolute Gasteiger partial charge is 0.0515 e. The van der Waals surface area contributed by atoms with E-state index in [1.54, 1.807) is 7.11 Å². The Labute approximate surface area is 163 Å². The SMILES string of the molecule is CCCCC(C)(CCC)COC.Cc1ccccc1N.[CH3-].[U]. The first-order valence-electron chi connectivity index (χ1n) is 7.79. The fourth-order valence-corrected chi connectivity index (χ4v) is 2.41. The number of nitrogens with two attached hydrogens (primary N) is 1. The number of unbranched alkanes of at least 4 members (excludes halogenated alkanes) is 1. The molecule has 0 spiro atoms. The average Bonchev–Trinajstić information content (AvgIpc) is 2.41. The molecule has 0 saturated heterocycles. The summed E-state index contributed by atoms with van der Waals surface area (Å²) in [4.78, 5) is 0. The largest absolute Gasteiger partial charge is 0.399 e. The monoisotopic (exact) mass is 532 g/mol. The zero-order valence-electron chi connectivity index (χ0n) is 15.5. The number of aryl methyl sites for hydroxylation is 1. The van der Waals surface area contributed by atoms with Gasteiger partial charge in [0, 0.05) is 43.9 Å². The molecule has 3 heteroatoms. The van der Waals surface area contributed by atoms with Crippen molar-refractivity contribution in [1.29, 1.82) is 0 Å². The van der Waals surface area contributed by atoms with E-state index >= 15 is 0 Å². The molecule has 0 radical (unpaired) electrons. The Morgan fingerprint density at radius 1 is 1.09 bits per heavy atom. The number of benzene rings is 1. The predicted molar refractivity (Wildman–Crippen MR) is 96.4 cm³/mol. The summed E-state index contributed by atoms with van der Waals surface area (Å²) in [6, 6.07) is 7.80. The Bertz CT molecular complexity index is 328. The first-order chi connectivity index (χ1) is 9.49. The maximum Gasteiger partial charge on any atom is 0.0515 e.